The van der Waals surface area contributed by atoms with E-state index in [-0.39, 0.29) is 11.8 Å². The van der Waals surface area contributed by atoms with Crippen molar-refractivity contribution in [3.63, 3.8) is 0 Å². The molecule has 0 atom stereocenters. The first-order chi connectivity index (χ1) is 17.1. The summed E-state index contributed by atoms with van der Waals surface area (Å²) in [6.07, 6.45) is 4.20. The zero-order valence-corrected chi connectivity index (χ0v) is 20.6. The maximum atomic E-state index is 12.6. The number of amides is 2. The van der Waals surface area contributed by atoms with Crippen molar-refractivity contribution in [2.75, 3.05) is 38.7 Å². The first-order valence-electron chi connectivity index (χ1n) is 12.4. The molecule has 0 unspecified atom stereocenters. The molecule has 0 aromatic heterocycles. The predicted octanol–water partition coefficient (Wildman–Crippen LogP) is 4.05. The minimum absolute atomic E-state index is 0.00174. The summed E-state index contributed by atoms with van der Waals surface area (Å²) in [5.74, 6) is 1.36. The van der Waals surface area contributed by atoms with Crippen molar-refractivity contribution in [2.24, 2.45) is 5.10 Å². The lowest BCUT2D eigenvalue weighted by Crippen LogP contribution is -2.31. The minimum Gasteiger partial charge on any atom is -0.493 e. The predicted molar refractivity (Wildman–Crippen MR) is 136 cm³/mol. The molecule has 186 valence electrons. The van der Waals surface area contributed by atoms with Gasteiger partial charge in [-0.3, -0.25) is 14.5 Å². The fourth-order valence-electron chi connectivity index (χ4n) is 4.32. The van der Waals surface area contributed by atoms with Crippen LogP contribution in [0.25, 0.3) is 0 Å². The Bertz CT molecular complexity index is 1060. The Morgan fingerprint density at radius 2 is 1.83 bits per heavy atom. The van der Waals surface area contributed by atoms with Crippen LogP contribution in [0.5, 0.6) is 11.5 Å². The van der Waals surface area contributed by atoms with Crippen LogP contribution in [0.1, 0.15) is 50.2 Å². The molecular formula is C27H34N4O4. The van der Waals surface area contributed by atoms with E-state index in [0.29, 0.717) is 44.0 Å². The highest BCUT2D eigenvalue weighted by Crippen LogP contribution is 2.30. The number of likely N-dealkylation sites (tertiary alicyclic amines) is 1. The molecule has 0 bridgehead atoms. The number of hydrazone groups is 1. The molecule has 2 aromatic rings. The van der Waals surface area contributed by atoms with Gasteiger partial charge < -0.3 is 14.8 Å². The highest BCUT2D eigenvalue weighted by Gasteiger charge is 2.22. The number of nitrogens with one attached hydrogen (secondary N) is 1. The van der Waals surface area contributed by atoms with E-state index < -0.39 is 0 Å². The number of ether oxygens (including phenoxy) is 2. The molecule has 2 heterocycles. The Morgan fingerprint density at radius 3 is 2.54 bits per heavy atom. The van der Waals surface area contributed by atoms with Crippen LogP contribution in [0.3, 0.4) is 0 Å². The maximum absolute atomic E-state index is 12.6. The SMILES string of the molecule is CCCOc1cc(C2=NN(Cc3ccc(NC(=O)CN4CCCC4)cc3)C(=O)CC2)ccc1OC. The van der Waals surface area contributed by atoms with E-state index in [1.165, 1.54) is 5.01 Å². The summed E-state index contributed by atoms with van der Waals surface area (Å²) in [5.41, 5.74) is 3.47. The Balaban J connectivity index is 1.41. The normalized spacial score (nSPS) is 16.2. The van der Waals surface area contributed by atoms with Gasteiger partial charge in [-0.15, -0.1) is 0 Å². The molecule has 8 nitrogen and oxygen atoms in total. The lowest BCUT2D eigenvalue weighted by molar-refractivity contribution is -0.132. The summed E-state index contributed by atoms with van der Waals surface area (Å²) >= 11 is 0. The average molecular weight is 479 g/mol. The van der Waals surface area contributed by atoms with Crippen LogP contribution < -0.4 is 14.8 Å². The van der Waals surface area contributed by atoms with Gasteiger partial charge in [0.1, 0.15) is 0 Å². The van der Waals surface area contributed by atoms with Crippen LogP contribution in [0.4, 0.5) is 5.69 Å². The van der Waals surface area contributed by atoms with Crippen molar-refractivity contribution >= 4 is 23.2 Å². The van der Waals surface area contributed by atoms with Gasteiger partial charge in [-0.2, -0.15) is 5.10 Å². The van der Waals surface area contributed by atoms with Gasteiger partial charge in [0.25, 0.3) is 0 Å². The molecule has 0 radical (unpaired) electrons. The number of hydrogen-bond acceptors (Lipinski definition) is 6. The summed E-state index contributed by atoms with van der Waals surface area (Å²) in [6.45, 7) is 5.44. The standard InChI is InChI=1S/C27H34N4O4/c1-3-16-35-25-17-21(8-12-24(25)34-2)23-11-13-27(33)31(29-23)18-20-6-9-22(10-7-20)28-26(32)19-30-14-4-5-15-30/h6-10,12,17H,3-5,11,13-16,18-19H2,1-2H3,(H,28,32). The van der Waals surface area contributed by atoms with E-state index in [1.807, 2.05) is 42.5 Å². The van der Waals surface area contributed by atoms with Gasteiger partial charge in [-0.05, 0) is 68.2 Å². The first kappa shape index (κ1) is 24.7. The van der Waals surface area contributed by atoms with Crippen LogP contribution in [-0.2, 0) is 16.1 Å². The zero-order chi connectivity index (χ0) is 24.6. The minimum atomic E-state index is -0.00675. The number of hydrogen-bond donors (Lipinski definition) is 1. The molecule has 0 saturated carbocycles. The number of carbonyl (C=O) groups is 2. The van der Waals surface area contributed by atoms with Crippen LogP contribution in [0, 0.1) is 0 Å². The molecule has 0 spiro atoms. The van der Waals surface area contributed by atoms with Gasteiger partial charge in [-0.25, -0.2) is 5.01 Å². The number of methoxy groups -OCH3 is 1. The van der Waals surface area contributed by atoms with E-state index in [1.54, 1.807) is 7.11 Å². The maximum Gasteiger partial charge on any atom is 0.243 e. The molecule has 2 aliphatic rings. The molecule has 35 heavy (non-hydrogen) atoms. The van der Waals surface area contributed by atoms with Crippen molar-refractivity contribution in [1.82, 2.24) is 9.91 Å². The number of carbonyl (C=O) groups excluding carboxylic acids is 2. The summed E-state index contributed by atoms with van der Waals surface area (Å²) in [5, 5.41) is 9.14. The smallest absolute Gasteiger partial charge is 0.243 e. The molecule has 4 rings (SSSR count). The van der Waals surface area contributed by atoms with Crippen molar-refractivity contribution < 1.29 is 19.1 Å². The monoisotopic (exact) mass is 478 g/mol. The second-order valence-corrected chi connectivity index (χ2v) is 8.94. The zero-order valence-electron chi connectivity index (χ0n) is 20.6. The fourth-order valence-corrected chi connectivity index (χ4v) is 4.32. The average Bonchev–Trinajstić information content (AvgIpc) is 3.38. The van der Waals surface area contributed by atoms with E-state index in [9.17, 15) is 9.59 Å². The third-order valence-corrected chi connectivity index (χ3v) is 6.20. The van der Waals surface area contributed by atoms with Crippen LogP contribution in [-0.4, -0.2) is 60.8 Å². The quantitative estimate of drug-likeness (QED) is 0.557. The molecule has 1 N–H and O–H groups in total. The van der Waals surface area contributed by atoms with Gasteiger partial charge in [0, 0.05) is 24.1 Å². The number of nitrogens with zero attached hydrogens (tertiary/aromatic N) is 3. The Morgan fingerprint density at radius 1 is 1.06 bits per heavy atom. The highest BCUT2D eigenvalue weighted by atomic mass is 16.5. The topological polar surface area (TPSA) is 83.5 Å². The lowest BCUT2D eigenvalue weighted by Gasteiger charge is -2.24. The van der Waals surface area contributed by atoms with Crippen molar-refractivity contribution in [3.05, 3.63) is 53.6 Å². The van der Waals surface area contributed by atoms with E-state index in [4.69, 9.17) is 9.47 Å². The van der Waals surface area contributed by atoms with E-state index in [2.05, 4.69) is 22.2 Å². The Kier molecular flexibility index (Phi) is 8.36. The van der Waals surface area contributed by atoms with E-state index >= 15 is 0 Å². The Hall–Kier alpha value is -3.39. The first-order valence-corrected chi connectivity index (χ1v) is 12.4. The van der Waals surface area contributed by atoms with Crippen molar-refractivity contribution in [3.8, 4) is 11.5 Å². The van der Waals surface area contributed by atoms with Crippen molar-refractivity contribution in [1.29, 1.82) is 0 Å². The summed E-state index contributed by atoms with van der Waals surface area (Å²) in [7, 11) is 1.62. The highest BCUT2D eigenvalue weighted by molar-refractivity contribution is 6.04. The van der Waals surface area contributed by atoms with Gasteiger partial charge >= 0.3 is 0 Å². The van der Waals surface area contributed by atoms with Crippen molar-refractivity contribution in [2.45, 2.75) is 45.6 Å². The largest absolute Gasteiger partial charge is 0.493 e. The summed E-state index contributed by atoms with van der Waals surface area (Å²) in [6, 6.07) is 13.3. The van der Waals surface area contributed by atoms with Gasteiger partial charge in [-0.1, -0.05) is 19.1 Å². The van der Waals surface area contributed by atoms with Gasteiger partial charge in [0.05, 0.1) is 32.5 Å². The molecule has 2 aromatic carbocycles. The lowest BCUT2D eigenvalue weighted by atomic mass is 10.0. The molecule has 1 saturated heterocycles. The van der Waals surface area contributed by atoms with Gasteiger partial charge in [0.2, 0.25) is 11.8 Å². The number of rotatable bonds is 10. The number of benzene rings is 2. The summed E-state index contributed by atoms with van der Waals surface area (Å²) in [4.78, 5) is 27.0. The molecule has 1 fully saturated rings. The number of anilines is 1. The fraction of sp³-hybridized carbons (Fsp3) is 0.444. The van der Waals surface area contributed by atoms with Crippen LogP contribution in [0.15, 0.2) is 47.6 Å². The second kappa shape index (κ2) is 11.8. The molecular weight excluding hydrogens is 444 g/mol. The van der Waals surface area contributed by atoms with Crippen LogP contribution >= 0.6 is 0 Å². The molecule has 2 amide bonds. The van der Waals surface area contributed by atoms with Crippen LogP contribution in [0.2, 0.25) is 0 Å². The van der Waals surface area contributed by atoms with Gasteiger partial charge in [0.15, 0.2) is 11.5 Å². The molecule has 8 heteroatoms. The molecule has 0 aliphatic carbocycles. The molecule has 2 aliphatic heterocycles. The second-order valence-electron chi connectivity index (χ2n) is 8.94. The Labute approximate surface area is 206 Å². The third kappa shape index (κ3) is 6.60. The third-order valence-electron chi connectivity index (χ3n) is 6.20. The van der Waals surface area contributed by atoms with E-state index in [0.717, 1.165) is 54.9 Å². The summed E-state index contributed by atoms with van der Waals surface area (Å²) < 4.78 is 11.2.